The molecule has 0 heterocycles. The maximum atomic E-state index is 9.00. The SMILES string of the molecule is C=C.CC(=O)O.CC(=O)O.CC(=O)O.CC(=O)O.N.N.[CaH2].[CaH2]. The zero-order valence-electron chi connectivity index (χ0n) is 12.3. The van der Waals surface area contributed by atoms with Gasteiger partial charge in [-0.25, -0.2) is 0 Å². The standard InChI is InChI=1S/4C2H4O2.C2H4.2Ca.2H3N.4H/c4*1-2(3)4;1-2;;;;;;;;/h4*1H3,(H,3,4);1-2H2;;;2*1H3;;;;. The molecular formula is C10H30Ca2N2O8. The number of carbonyl (C=O) groups is 4. The van der Waals surface area contributed by atoms with E-state index in [1.165, 1.54) is 0 Å². The molecule has 10 N–H and O–H groups in total. The third-order valence-corrected chi connectivity index (χ3v) is 0. The first kappa shape index (κ1) is 57.4. The van der Waals surface area contributed by atoms with E-state index >= 15 is 0 Å². The van der Waals surface area contributed by atoms with Crippen LogP contribution in [0.5, 0.6) is 0 Å². The number of rotatable bonds is 0. The molecule has 0 rings (SSSR count). The molecule has 0 aromatic heterocycles. The molecule has 0 fully saturated rings. The van der Waals surface area contributed by atoms with Gasteiger partial charge in [-0.3, -0.25) is 19.2 Å². The second-order valence-electron chi connectivity index (χ2n) is 2.08. The van der Waals surface area contributed by atoms with Gasteiger partial charge in [-0.15, -0.1) is 13.2 Å². The van der Waals surface area contributed by atoms with Crippen LogP contribution >= 0.6 is 0 Å². The van der Waals surface area contributed by atoms with Crippen LogP contribution < -0.4 is 12.3 Å². The van der Waals surface area contributed by atoms with Gasteiger partial charge in [-0.2, -0.15) is 0 Å². The van der Waals surface area contributed by atoms with E-state index in [-0.39, 0.29) is 87.8 Å². The van der Waals surface area contributed by atoms with Crippen LogP contribution in [0.2, 0.25) is 0 Å². The van der Waals surface area contributed by atoms with Crippen LogP contribution in [0.25, 0.3) is 0 Å². The topological polar surface area (TPSA) is 219 Å². The predicted molar refractivity (Wildman–Crippen MR) is 91.6 cm³/mol. The summed E-state index contributed by atoms with van der Waals surface area (Å²) in [5.74, 6) is -3.33. The summed E-state index contributed by atoms with van der Waals surface area (Å²) < 4.78 is 0. The summed E-state index contributed by atoms with van der Waals surface area (Å²) in [6.07, 6.45) is 0. The van der Waals surface area contributed by atoms with E-state index in [9.17, 15) is 0 Å². The summed E-state index contributed by atoms with van der Waals surface area (Å²) in [5.41, 5.74) is 0. The average Bonchev–Trinajstić information content (AvgIpc) is 2.01. The number of hydrogen-bond donors (Lipinski definition) is 6. The van der Waals surface area contributed by atoms with Gasteiger partial charge in [-0.05, 0) is 0 Å². The van der Waals surface area contributed by atoms with Crippen molar-refractivity contribution in [2.24, 2.45) is 0 Å². The summed E-state index contributed by atoms with van der Waals surface area (Å²) in [5, 5.41) is 29.7. The molecule has 0 aliphatic heterocycles. The monoisotopic (exact) mass is 386 g/mol. The minimum absolute atomic E-state index is 0. The van der Waals surface area contributed by atoms with Gasteiger partial charge >= 0.3 is 75.5 Å². The Labute approximate surface area is 190 Å². The fourth-order valence-electron chi connectivity index (χ4n) is 0. The van der Waals surface area contributed by atoms with Crippen LogP contribution in [0.3, 0.4) is 0 Å². The third-order valence-electron chi connectivity index (χ3n) is 0. The van der Waals surface area contributed by atoms with Crippen molar-refractivity contribution in [3.8, 4) is 0 Å². The van der Waals surface area contributed by atoms with E-state index in [1.54, 1.807) is 0 Å². The third kappa shape index (κ3) is 2060000. The Bertz CT molecular complexity index is 189. The molecule has 0 saturated heterocycles. The van der Waals surface area contributed by atoms with Crippen LogP contribution in [0, 0.1) is 0 Å². The van der Waals surface area contributed by atoms with Crippen molar-refractivity contribution in [2.75, 3.05) is 0 Å². The summed E-state index contributed by atoms with van der Waals surface area (Å²) in [4.78, 5) is 36.0. The van der Waals surface area contributed by atoms with Gasteiger partial charge < -0.3 is 32.7 Å². The molecule has 0 unspecified atom stereocenters. The molecule has 0 bridgehead atoms. The first-order valence-electron chi connectivity index (χ1n) is 4.21. The maximum absolute atomic E-state index is 9.00. The van der Waals surface area contributed by atoms with Gasteiger partial charge in [0, 0.05) is 27.7 Å². The molecule has 0 saturated carbocycles. The molecule has 22 heavy (non-hydrogen) atoms. The molecule has 0 aliphatic rings. The number of carboxylic acids is 4. The molecule has 132 valence electrons. The number of aliphatic carboxylic acids is 4. The Balaban J connectivity index is -0.0000000133. The zero-order chi connectivity index (χ0) is 16.3. The van der Waals surface area contributed by atoms with Gasteiger partial charge in [0.2, 0.25) is 0 Å². The molecule has 0 atom stereocenters. The molecule has 0 amide bonds. The van der Waals surface area contributed by atoms with Crippen LogP contribution in [-0.2, 0) is 19.2 Å². The quantitative estimate of drug-likeness (QED) is 0.235. The molecule has 0 aromatic carbocycles. The van der Waals surface area contributed by atoms with Crippen molar-refractivity contribution in [1.82, 2.24) is 12.3 Å². The second-order valence-corrected chi connectivity index (χ2v) is 2.08. The molecule has 10 nitrogen and oxygen atoms in total. The van der Waals surface area contributed by atoms with Crippen LogP contribution in [0.1, 0.15) is 27.7 Å². The zero-order valence-corrected chi connectivity index (χ0v) is 12.3. The van der Waals surface area contributed by atoms with E-state index < -0.39 is 23.9 Å². The summed E-state index contributed by atoms with van der Waals surface area (Å²) in [6.45, 7) is 10.3. The Morgan fingerprint density at radius 1 is 0.545 bits per heavy atom. The van der Waals surface area contributed by atoms with Crippen molar-refractivity contribution in [3.05, 3.63) is 13.2 Å². The summed E-state index contributed by atoms with van der Waals surface area (Å²) in [7, 11) is 0. The van der Waals surface area contributed by atoms with Crippen molar-refractivity contribution in [2.45, 2.75) is 27.7 Å². The number of hydrogen-bond acceptors (Lipinski definition) is 6. The van der Waals surface area contributed by atoms with Crippen LogP contribution in [0.4, 0.5) is 0 Å². The normalized spacial score (nSPS) is 4.73. The van der Waals surface area contributed by atoms with Gasteiger partial charge in [-0.1, -0.05) is 0 Å². The number of carboxylic acid groups (broad SMARTS) is 4. The molecule has 12 heteroatoms. The predicted octanol–water partition coefficient (Wildman–Crippen LogP) is -0.343. The summed E-state index contributed by atoms with van der Waals surface area (Å²) >= 11 is 0. The molecule has 0 spiro atoms. The molecular weight excluding hydrogens is 356 g/mol. The van der Waals surface area contributed by atoms with Crippen molar-refractivity contribution in [3.63, 3.8) is 0 Å². The van der Waals surface area contributed by atoms with Gasteiger partial charge in [0.05, 0.1) is 0 Å². The van der Waals surface area contributed by atoms with E-state index in [0.29, 0.717) is 0 Å². The first-order chi connectivity index (χ1) is 7.93. The van der Waals surface area contributed by atoms with Crippen molar-refractivity contribution in [1.29, 1.82) is 0 Å². The van der Waals surface area contributed by atoms with E-state index in [1.807, 2.05) is 0 Å². The van der Waals surface area contributed by atoms with Gasteiger partial charge in [0.25, 0.3) is 23.9 Å². The van der Waals surface area contributed by atoms with Gasteiger partial charge in [0.1, 0.15) is 0 Å². The summed E-state index contributed by atoms with van der Waals surface area (Å²) in [6, 6.07) is 0. The fraction of sp³-hybridized carbons (Fsp3) is 0.400. The first-order valence-corrected chi connectivity index (χ1v) is 4.21. The Morgan fingerprint density at radius 3 is 0.545 bits per heavy atom. The van der Waals surface area contributed by atoms with E-state index in [0.717, 1.165) is 27.7 Å². The second kappa shape index (κ2) is 58.3. The molecule has 0 radical (unpaired) electrons. The Morgan fingerprint density at radius 2 is 0.545 bits per heavy atom. The van der Waals surface area contributed by atoms with E-state index in [4.69, 9.17) is 39.6 Å². The fourth-order valence-corrected chi connectivity index (χ4v) is 0. The van der Waals surface area contributed by atoms with Crippen LogP contribution in [-0.4, -0.2) is 120 Å². The Hall–Kier alpha value is 0.0595. The van der Waals surface area contributed by atoms with Gasteiger partial charge in [0.15, 0.2) is 0 Å². The average molecular weight is 387 g/mol. The minimum atomic E-state index is -0.833. The van der Waals surface area contributed by atoms with Crippen LogP contribution in [0.15, 0.2) is 13.2 Å². The van der Waals surface area contributed by atoms with E-state index in [2.05, 4.69) is 13.2 Å². The molecule has 0 aliphatic carbocycles. The molecule has 0 aromatic rings. The Kier molecular flexibility index (Phi) is 152. The van der Waals surface area contributed by atoms with Crippen molar-refractivity contribution < 1.29 is 39.6 Å². The van der Waals surface area contributed by atoms with Crippen molar-refractivity contribution >= 4 is 99.4 Å².